The first-order valence-corrected chi connectivity index (χ1v) is 6.42. The highest BCUT2D eigenvalue weighted by Crippen LogP contribution is 2.16. The van der Waals surface area contributed by atoms with E-state index < -0.39 is 0 Å². The second kappa shape index (κ2) is 5.85. The third kappa shape index (κ3) is 2.70. The molecule has 0 aliphatic heterocycles. The van der Waals surface area contributed by atoms with Crippen LogP contribution in [0.5, 0.6) is 0 Å². The number of nitrogens with one attached hydrogen (secondary N) is 1. The number of aromatic nitrogens is 2. The van der Waals surface area contributed by atoms with E-state index in [-0.39, 0.29) is 5.82 Å². The number of nitriles is 1. The molecule has 104 valence electrons. The molecule has 0 radical (unpaired) electrons. The summed E-state index contributed by atoms with van der Waals surface area (Å²) >= 11 is 0. The molecule has 5 heteroatoms. The van der Waals surface area contributed by atoms with Gasteiger partial charge >= 0.3 is 0 Å². The fraction of sp³-hybridized carbons (Fsp3) is 0.333. The van der Waals surface area contributed by atoms with Gasteiger partial charge in [0.2, 0.25) is 0 Å². The standard InChI is InChI=1S/C15H17FN4/c1-10-14(8-18-3)11(2)20(19-10)9-13-5-4-12(7-17)6-15(13)16/h4-6,18H,8-9H2,1-3H3. The Bertz CT molecular complexity index is 667. The van der Waals surface area contributed by atoms with Crippen molar-refractivity contribution in [3.05, 3.63) is 52.1 Å². The van der Waals surface area contributed by atoms with E-state index in [4.69, 9.17) is 5.26 Å². The van der Waals surface area contributed by atoms with Crippen LogP contribution in [0.25, 0.3) is 0 Å². The highest BCUT2D eigenvalue weighted by molar-refractivity contribution is 5.33. The van der Waals surface area contributed by atoms with Crippen LogP contribution in [0.1, 0.15) is 28.1 Å². The van der Waals surface area contributed by atoms with Crippen molar-refractivity contribution in [2.45, 2.75) is 26.9 Å². The fourth-order valence-electron chi connectivity index (χ4n) is 2.23. The molecular weight excluding hydrogens is 255 g/mol. The molecule has 1 N–H and O–H groups in total. The molecule has 0 bridgehead atoms. The predicted molar refractivity (Wildman–Crippen MR) is 74.7 cm³/mol. The summed E-state index contributed by atoms with van der Waals surface area (Å²) in [6, 6.07) is 6.45. The van der Waals surface area contributed by atoms with Crippen LogP contribution >= 0.6 is 0 Å². The van der Waals surface area contributed by atoms with E-state index in [1.165, 1.54) is 6.07 Å². The summed E-state index contributed by atoms with van der Waals surface area (Å²) in [5.74, 6) is -0.369. The van der Waals surface area contributed by atoms with Crippen LogP contribution in [0.4, 0.5) is 4.39 Å². The summed E-state index contributed by atoms with van der Waals surface area (Å²) in [7, 11) is 1.89. The van der Waals surface area contributed by atoms with E-state index in [0.29, 0.717) is 17.7 Å². The number of nitrogens with zero attached hydrogens (tertiary/aromatic N) is 3. The molecule has 0 spiro atoms. The Morgan fingerprint density at radius 1 is 1.40 bits per heavy atom. The van der Waals surface area contributed by atoms with E-state index in [0.717, 1.165) is 23.5 Å². The van der Waals surface area contributed by atoms with Crippen molar-refractivity contribution in [3.63, 3.8) is 0 Å². The highest BCUT2D eigenvalue weighted by atomic mass is 19.1. The zero-order chi connectivity index (χ0) is 14.7. The van der Waals surface area contributed by atoms with Crippen LogP contribution in [-0.2, 0) is 13.1 Å². The van der Waals surface area contributed by atoms with Gasteiger partial charge in [0.25, 0.3) is 0 Å². The van der Waals surface area contributed by atoms with Gasteiger partial charge in [-0.25, -0.2) is 4.39 Å². The molecule has 0 amide bonds. The van der Waals surface area contributed by atoms with Gasteiger partial charge in [-0.2, -0.15) is 10.4 Å². The monoisotopic (exact) mass is 272 g/mol. The van der Waals surface area contributed by atoms with Crippen LogP contribution in [0.15, 0.2) is 18.2 Å². The van der Waals surface area contributed by atoms with Crippen molar-refractivity contribution < 1.29 is 4.39 Å². The second-order valence-electron chi connectivity index (χ2n) is 4.76. The van der Waals surface area contributed by atoms with Crippen LogP contribution in [-0.4, -0.2) is 16.8 Å². The topological polar surface area (TPSA) is 53.6 Å². The normalized spacial score (nSPS) is 10.6. The first kappa shape index (κ1) is 14.2. The summed E-state index contributed by atoms with van der Waals surface area (Å²) in [4.78, 5) is 0. The van der Waals surface area contributed by atoms with Crippen LogP contribution in [0.2, 0.25) is 0 Å². The molecule has 20 heavy (non-hydrogen) atoms. The lowest BCUT2D eigenvalue weighted by Crippen LogP contribution is -2.09. The number of aryl methyl sites for hydroxylation is 1. The Morgan fingerprint density at radius 2 is 2.15 bits per heavy atom. The van der Waals surface area contributed by atoms with Gasteiger partial charge in [0.05, 0.1) is 23.9 Å². The Morgan fingerprint density at radius 3 is 2.75 bits per heavy atom. The van der Waals surface area contributed by atoms with Crippen molar-refractivity contribution in [1.82, 2.24) is 15.1 Å². The summed E-state index contributed by atoms with van der Waals surface area (Å²) < 4.78 is 15.7. The molecule has 0 fully saturated rings. The minimum absolute atomic E-state index is 0.329. The van der Waals surface area contributed by atoms with Crippen molar-refractivity contribution in [2.75, 3.05) is 7.05 Å². The molecule has 1 aromatic heterocycles. The highest BCUT2D eigenvalue weighted by Gasteiger charge is 2.12. The molecule has 1 heterocycles. The Hall–Kier alpha value is -2.19. The van der Waals surface area contributed by atoms with Gasteiger partial charge in [0, 0.05) is 23.4 Å². The van der Waals surface area contributed by atoms with Gasteiger partial charge in [0.1, 0.15) is 5.82 Å². The van der Waals surface area contributed by atoms with Gasteiger partial charge in [-0.3, -0.25) is 4.68 Å². The van der Waals surface area contributed by atoms with E-state index >= 15 is 0 Å². The molecule has 0 unspecified atom stereocenters. The lowest BCUT2D eigenvalue weighted by molar-refractivity contribution is 0.578. The Labute approximate surface area is 117 Å². The summed E-state index contributed by atoms with van der Waals surface area (Å²) in [5.41, 5.74) is 3.98. The summed E-state index contributed by atoms with van der Waals surface area (Å²) in [6.45, 7) is 5.04. The molecular formula is C15H17FN4. The third-order valence-electron chi connectivity index (χ3n) is 3.39. The van der Waals surface area contributed by atoms with Gasteiger partial charge in [-0.1, -0.05) is 6.07 Å². The number of hydrogen-bond donors (Lipinski definition) is 1. The maximum absolute atomic E-state index is 13.9. The van der Waals surface area contributed by atoms with E-state index in [2.05, 4.69) is 10.4 Å². The lowest BCUT2D eigenvalue weighted by Gasteiger charge is -2.07. The number of rotatable bonds is 4. The van der Waals surface area contributed by atoms with E-state index in [9.17, 15) is 4.39 Å². The molecule has 0 saturated heterocycles. The van der Waals surface area contributed by atoms with Crippen LogP contribution in [0, 0.1) is 31.0 Å². The minimum Gasteiger partial charge on any atom is -0.316 e. The average Bonchev–Trinajstić information content (AvgIpc) is 2.69. The summed E-state index contributed by atoms with van der Waals surface area (Å²) in [6.07, 6.45) is 0. The second-order valence-corrected chi connectivity index (χ2v) is 4.76. The zero-order valence-corrected chi connectivity index (χ0v) is 11.9. The van der Waals surface area contributed by atoms with Crippen LogP contribution in [0.3, 0.4) is 0 Å². The Kier molecular flexibility index (Phi) is 4.16. The number of hydrogen-bond acceptors (Lipinski definition) is 3. The molecule has 0 aliphatic rings. The van der Waals surface area contributed by atoms with Crippen molar-refractivity contribution in [1.29, 1.82) is 5.26 Å². The molecule has 0 aliphatic carbocycles. The van der Waals surface area contributed by atoms with E-state index in [1.54, 1.807) is 16.8 Å². The number of halogens is 1. The molecule has 0 saturated carbocycles. The van der Waals surface area contributed by atoms with Gasteiger partial charge in [-0.15, -0.1) is 0 Å². The third-order valence-corrected chi connectivity index (χ3v) is 3.39. The molecule has 1 aromatic carbocycles. The quantitative estimate of drug-likeness (QED) is 0.929. The predicted octanol–water partition coefficient (Wildman–Crippen LogP) is 2.28. The van der Waals surface area contributed by atoms with E-state index in [1.807, 2.05) is 27.0 Å². The molecule has 2 aromatic rings. The van der Waals surface area contributed by atoms with Gasteiger partial charge in [-0.05, 0) is 33.0 Å². The summed E-state index contributed by atoms with van der Waals surface area (Å²) in [5, 5.41) is 16.3. The SMILES string of the molecule is CNCc1c(C)nn(Cc2ccc(C#N)cc2F)c1C. The first-order valence-electron chi connectivity index (χ1n) is 6.42. The maximum atomic E-state index is 13.9. The van der Waals surface area contributed by atoms with Crippen LogP contribution < -0.4 is 5.32 Å². The Balaban J connectivity index is 2.31. The van der Waals surface area contributed by atoms with Gasteiger partial charge in [0.15, 0.2) is 0 Å². The molecule has 2 rings (SSSR count). The molecule has 0 atom stereocenters. The zero-order valence-electron chi connectivity index (χ0n) is 11.9. The molecule has 4 nitrogen and oxygen atoms in total. The average molecular weight is 272 g/mol. The number of benzene rings is 1. The largest absolute Gasteiger partial charge is 0.316 e. The lowest BCUT2D eigenvalue weighted by atomic mass is 10.1. The van der Waals surface area contributed by atoms with Crippen molar-refractivity contribution in [2.24, 2.45) is 0 Å². The van der Waals surface area contributed by atoms with Crippen molar-refractivity contribution in [3.8, 4) is 6.07 Å². The van der Waals surface area contributed by atoms with Crippen molar-refractivity contribution >= 4 is 0 Å². The minimum atomic E-state index is -0.369. The smallest absolute Gasteiger partial charge is 0.129 e. The maximum Gasteiger partial charge on any atom is 0.129 e. The fourth-order valence-corrected chi connectivity index (χ4v) is 2.23. The first-order chi connectivity index (χ1) is 9.56. The van der Waals surface area contributed by atoms with Gasteiger partial charge < -0.3 is 5.32 Å².